The average molecular weight is 693 g/mol. The number of nitroso groups, excluding NO2 is 1. The van der Waals surface area contributed by atoms with Crippen molar-refractivity contribution < 1.29 is 38.6 Å². The van der Waals surface area contributed by atoms with Crippen LogP contribution in [0.5, 0.6) is 0 Å². The first kappa shape index (κ1) is 32.4. The lowest BCUT2D eigenvalue weighted by molar-refractivity contribution is -0.150. The maximum Gasteiger partial charge on any atom is 0.352 e. The van der Waals surface area contributed by atoms with Crippen LogP contribution in [0.25, 0.3) is 0 Å². The normalized spacial score (nSPS) is 18.4. The van der Waals surface area contributed by atoms with Crippen molar-refractivity contribution in [1.29, 1.82) is 0 Å². The van der Waals surface area contributed by atoms with Crippen molar-refractivity contribution in [3.05, 3.63) is 62.9 Å². The molecule has 18 nitrogen and oxygen atoms in total. The highest BCUT2D eigenvalue weighted by Crippen LogP contribution is 2.41. The Morgan fingerprint density at radius 1 is 1.26 bits per heavy atom. The maximum atomic E-state index is 13.3. The summed E-state index contributed by atoms with van der Waals surface area (Å²) in [6.45, 7) is -0.531. The van der Waals surface area contributed by atoms with Crippen LogP contribution in [-0.4, -0.2) is 98.7 Å². The molecule has 0 saturated carbocycles. The molecule has 5 N–H and O–H groups in total. The Bertz CT molecular complexity index is 1750. The van der Waals surface area contributed by atoms with E-state index in [1.165, 1.54) is 41.4 Å². The Morgan fingerprint density at radius 2 is 2.02 bits per heavy atom. The van der Waals surface area contributed by atoms with Gasteiger partial charge >= 0.3 is 11.9 Å². The molecule has 22 heteroatoms. The Kier molecular flexibility index (Phi) is 9.87. The van der Waals surface area contributed by atoms with Gasteiger partial charge < -0.3 is 26.1 Å². The monoisotopic (exact) mass is 692 g/mol. The molecule has 2 aliphatic rings. The molecule has 0 aliphatic carbocycles. The number of carbonyl (C=O) groups excluding carboxylic acids is 2. The minimum Gasteiger partial charge on any atom is -0.480 e. The van der Waals surface area contributed by atoms with E-state index in [1.54, 1.807) is 0 Å². The van der Waals surface area contributed by atoms with Crippen molar-refractivity contribution in [1.82, 2.24) is 35.4 Å². The number of hydrogen-bond donors (Lipinski definition) is 4. The predicted octanol–water partition coefficient (Wildman–Crippen LogP) is 0.522. The average Bonchev–Trinajstić information content (AvgIpc) is 3.67. The summed E-state index contributed by atoms with van der Waals surface area (Å²) in [7, 11) is 0. The third-order valence-corrected chi connectivity index (χ3v) is 9.51. The molecule has 1 aromatic carbocycles. The number of hydrogen-bond acceptors (Lipinski definition) is 16. The Balaban J connectivity index is 1.28. The van der Waals surface area contributed by atoms with Crippen LogP contribution in [0, 0.1) is 10.7 Å². The first-order chi connectivity index (χ1) is 22.1. The Hall–Kier alpha value is -4.96. The molecule has 1 saturated heterocycles. The number of thioether (sulfide) groups is 2. The minimum atomic E-state index is -1.63. The van der Waals surface area contributed by atoms with Gasteiger partial charge in [0.1, 0.15) is 35.2 Å². The molecule has 2 unspecified atom stereocenters. The predicted molar refractivity (Wildman–Crippen MR) is 160 cm³/mol. The van der Waals surface area contributed by atoms with E-state index in [2.05, 4.69) is 36.2 Å². The number of carboxylic acid groups (broad SMARTS) is 2. The van der Waals surface area contributed by atoms with Gasteiger partial charge in [0.15, 0.2) is 10.8 Å². The Morgan fingerprint density at radius 3 is 2.67 bits per heavy atom. The lowest BCUT2D eigenvalue weighted by Crippen LogP contribution is -2.71. The van der Waals surface area contributed by atoms with Gasteiger partial charge in [-0.05, 0) is 33.7 Å². The molecule has 3 aromatic rings. The lowest BCUT2D eigenvalue weighted by atomic mass is 10.0. The Labute approximate surface area is 269 Å². The van der Waals surface area contributed by atoms with E-state index in [1.807, 2.05) is 0 Å². The van der Waals surface area contributed by atoms with Gasteiger partial charge in [-0.15, -0.1) is 33.1 Å². The summed E-state index contributed by atoms with van der Waals surface area (Å²) in [6, 6.07) is 2.71. The van der Waals surface area contributed by atoms with E-state index in [4.69, 9.17) is 15.7 Å². The number of aliphatic carboxylic acids is 2. The number of aromatic nitrogens is 5. The van der Waals surface area contributed by atoms with Gasteiger partial charge in [0.25, 0.3) is 11.8 Å². The molecule has 3 atom stereocenters. The largest absolute Gasteiger partial charge is 0.480 e. The molecule has 1 fully saturated rings. The van der Waals surface area contributed by atoms with Crippen LogP contribution in [-0.2, 0) is 37.2 Å². The smallest absolute Gasteiger partial charge is 0.352 e. The third-order valence-electron chi connectivity index (χ3n) is 6.45. The van der Waals surface area contributed by atoms with Gasteiger partial charge in [-0.1, -0.05) is 34.2 Å². The number of nitrogen functional groups attached to an aromatic ring is 1. The van der Waals surface area contributed by atoms with E-state index in [9.17, 15) is 33.6 Å². The van der Waals surface area contributed by atoms with Crippen molar-refractivity contribution in [3.63, 3.8) is 0 Å². The van der Waals surface area contributed by atoms with Crippen LogP contribution in [0.4, 0.5) is 9.52 Å². The number of tetrazole rings is 1. The summed E-state index contributed by atoms with van der Waals surface area (Å²) in [5.74, 6) is -4.58. The molecule has 5 rings (SSSR count). The van der Waals surface area contributed by atoms with Gasteiger partial charge in [0.05, 0.1) is 6.54 Å². The van der Waals surface area contributed by atoms with Gasteiger partial charge in [0.2, 0.25) is 11.2 Å². The van der Waals surface area contributed by atoms with Gasteiger partial charge in [-0.25, -0.2) is 23.6 Å². The van der Waals surface area contributed by atoms with Crippen molar-refractivity contribution >= 4 is 69.5 Å². The molecule has 2 aliphatic heterocycles. The number of nitrogens with one attached hydrogen (secondary N) is 1. The number of nitrogens with two attached hydrogens (primary N) is 1. The zero-order valence-electron chi connectivity index (χ0n) is 23.0. The molecule has 46 heavy (non-hydrogen) atoms. The third kappa shape index (κ3) is 6.97. The topological polar surface area (TPSA) is 258 Å². The second-order valence-electron chi connectivity index (χ2n) is 9.42. The van der Waals surface area contributed by atoms with E-state index < -0.39 is 53.6 Å². The summed E-state index contributed by atoms with van der Waals surface area (Å²) in [5.41, 5.74) is 6.19. The van der Waals surface area contributed by atoms with Crippen LogP contribution in [0.2, 0.25) is 0 Å². The summed E-state index contributed by atoms with van der Waals surface area (Å²) in [6.07, 6.45) is 0. The first-order valence-corrected chi connectivity index (χ1v) is 15.8. The van der Waals surface area contributed by atoms with Crippen molar-refractivity contribution in [3.8, 4) is 0 Å². The van der Waals surface area contributed by atoms with Crippen molar-refractivity contribution in [2.75, 3.05) is 17.2 Å². The maximum absolute atomic E-state index is 13.3. The number of oxime groups is 1. The van der Waals surface area contributed by atoms with Crippen LogP contribution in [0.15, 0.2) is 56.4 Å². The highest BCUT2D eigenvalue weighted by molar-refractivity contribution is 8.01. The van der Waals surface area contributed by atoms with Gasteiger partial charge in [-0.2, -0.15) is 0 Å². The molecular formula is C24H21FN10O8S3. The summed E-state index contributed by atoms with van der Waals surface area (Å²) < 4.78 is 14.3. The number of amides is 2. The number of thiazole rings is 1. The zero-order valence-corrected chi connectivity index (χ0v) is 25.5. The van der Waals surface area contributed by atoms with Crippen molar-refractivity contribution in [2.45, 2.75) is 35.8 Å². The number of rotatable bonds is 14. The van der Waals surface area contributed by atoms with Crippen LogP contribution >= 0.6 is 34.9 Å². The molecule has 240 valence electrons. The highest BCUT2D eigenvalue weighted by Gasteiger charge is 2.54. The van der Waals surface area contributed by atoms with Gasteiger partial charge in [-0.3, -0.25) is 14.5 Å². The molecule has 0 spiro atoms. The van der Waals surface area contributed by atoms with E-state index in [-0.39, 0.29) is 45.5 Å². The molecule has 2 amide bonds. The molecule has 0 bridgehead atoms. The fourth-order valence-electron chi connectivity index (χ4n) is 4.24. The highest BCUT2D eigenvalue weighted by atomic mass is 32.2. The first-order valence-electron chi connectivity index (χ1n) is 12.9. The van der Waals surface area contributed by atoms with Crippen molar-refractivity contribution in [2.24, 2.45) is 10.3 Å². The summed E-state index contributed by atoms with van der Waals surface area (Å²) in [5, 5.41) is 40.0. The summed E-state index contributed by atoms with van der Waals surface area (Å²) in [4.78, 5) is 71.2. The fourth-order valence-corrected chi connectivity index (χ4v) is 7.16. The van der Waals surface area contributed by atoms with E-state index in [0.29, 0.717) is 11.1 Å². The minimum absolute atomic E-state index is 0.0161. The second kappa shape index (κ2) is 14.0. The van der Waals surface area contributed by atoms with Crippen LogP contribution in [0.1, 0.15) is 11.3 Å². The number of β-lactam (4-membered cyclic amide) rings is 1. The fraction of sp³-hybridized carbons (Fsp3) is 0.292. The molecule has 2 aromatic heterocycles. The van der Waals surface area contributed by atoms with E-state index >= 15 is 0 Å². The number of halogens is 1. The van der Waals surface area contributed by atoms with Crippen LogP contribution < -0.4 is 11.1 Å². The molecular weight excluding hydrogens is 672 g/mol. The van der Waals surface area contributed by atoms with Crippen LogP contribution in [0.3, 0.4) is 0 Å². The second-order valence-corrected chi connectivity index (χ2v) is 12.4. The number of benzene rings is 1. The van der Waals surface area contributed by atoms with E-state index in [0.717, 1.165) is 32.7 Å². The number of fused-ring (bicyclic) bond motifs is 1. The molecule has 0 radical (unpaired) electrons. The SMILES string of the molecule is Nc1nc(C(=NOCc2ccc(F)cc2)C(=O)NC2C(=O)N3C(C(=O)O)=C(CSc4nnnn4CC(N=O)C(=O)O)CS[C@@H]23)cs1. The number of carboxylic acids is 2. The number of carbonyl (C=O) groups is 4. The lowest BCUT2D eigenvalue weighted by Gasteiger charge is -2.49. The summed E-state index contributed by atoms with van der Waals surface area (Å²) >= 11 is 3.24. The van der Waals surface area contributed by atoms with Gasteiger partial charge in [0, 0.05) is 16.9 Å². The standard InChI is InChI=1S/C24H21FN10O8S3/c25-12-3-1-10(2-4-12)6-43-31-15(14-9-45-23(26)27-14)18(36)28-16-19(37)35-17(22(40)41)11(7-44-20(16)35)8-46-24-29-32-33-34(24)5-13(30-42)21(38)39/h1-4,9,13,16,20H,5-8H2,(H2,26,27)(H,28,36)(H,38,39)(H,40,41)/t13?,16?,20-/m0/s1. The molecule has 4 heterocycles. The number of anilines is 1. The quantitative estimate of drug-likeness (QED) is 0.0590. The zero-order chi connectivity index (χ0) is 33.0. The number of nitrogens with zero attached hydrogens (tertiary/aromatic N) is 8.